The number of nitrogens with one attached hydrogen (secondary N) is 1. The number of hydrogen-bond acceptors (Lipinski definition) is 6. The van der Waals surface area contributed by atoms with Gasteiger partial charge in [-0.25, -0.2) is 8.42 Å². The maximum Gasteiger partial charge on any atom is 0.243 e. The number of para-hydroxylation sites is 1. The molecule has 1 fully saturated rings. The molecule has 0 bridgehead atoms. The minimum atomic E-state index is -3.62. The van der Waals surface area contributed by atoms with Gasteiger partial charge in [-0.1, -0.05) is 18.2 Å². The van der Waals surface area contributed by atoms with E-state index in [1.807, 2.05) is 38.1 Å². The van der Waals surface area contributed by atoms with E-state index in [0.29, 0.717) is 50.6 Å². The molecule has 8 nitrogen and oxygen atoms in total. The third-order valence-electron chi connectivity index (χ3n) is 5.47. The first-order chi connectivity index (χ1) is 15.8. The van der Waals surface area contributed by atoms with Crippen molar-refractivity contribution in [2.24, 2.45) is 0 Å². The molecule has 0 saturated carbocycles. The molecule has 1 amide bonds. The van der Waals surface area contributed by atoms with Gasteiger partial charge in [0.2, 0.25) is 15.9 Å². The summed E-state index contributed by atoms with van der Waals surface area (Å²) in [6, 6.07) is 12.3. The molecule has 1 aliphatic heterocycles. The van der Waals surface area contributed by atoms with Gasteiger partial charge in [0, 0.05) is 19.5 Å². The molecule has 33 heavy (non-hydrogen) atoms. The van der Waals surface area contributed by atoms with E-state index >= 15 is 0 Å². The fourth-order valence-corrected chi connectivity index (χ4v) is 5.08. The Morgan fingerprint density at radius 2 is 1.88 bits per heavy atom. The van der Waals surface area contributed by atoms with Crippen LogP contribution in [0.5, 0.6) is 11.5 Å². The first-order valence-corrected chi connectivity index (χ1v) is 12.5. The molecule has 2 aromatic rings. The number of benzene rings is 2. The van der Waals surface area contributed by atoms with Gasteiger partial charge in [-0.2, -0.15) is 4.31 Å². The molecule has 0 aromatic heterocycles. The van der Waals surface area contributed by atoms with Gasteiger partial charge < -0.3 is 19.5 Å². The molecule has 1 N–H and O–H groups in total. The molecule has 180 valence electrons. The highest BCUT2D eigenvalue weighted by atomic mass is 32.2. The van der Waals surface area contributed by atoms with Crippen molar-refractivity contribution < 1.29 is 27.4 Å². The number of rotatable bonds is 10. The SMILES string of the molecule is COc1ccc(S(=O)(=O)N2CCOCC2)cc1CCC(=O)N[C@H](C)COc1ccccc1C. The number of amides is 1. The fourth-order valence-electron chi connectivity index (χ4n) is 3.62. The third kappa shape index (κ3) is 6.69. The molecule has 3 rings (SSSR count). The van der Waals surface area contributed by atoms with Gasteiger partial charge in [0.15, 0.2) is 0 Å². The predicted octanol–water partition coefficient (Wildman–Crippen LogP) is 2.54. The first kappa shape index (κ1) is 25.0. The van der Waals surface area contributed by atoms with Crippen LogP contribution in [0.4, 0.5) is 0 Å². The number of hydrogen-bond donors (Lipinski definition) is 1. The van der Waals surface area contributed by atoms with Crippen LogP contribution in [-0.4, -0.2) is 64.7 Å². The maximum atomic E-state index is 13.0. The van der Waals surface area contributed by atoms with Crippen LogP contribution in [-0.2, 0) is 26.0 Å². The van der Waals surface area contributed by atoms with Crippen LogP contribution >= 0.6 is 0 Å². The van der Waals surface area contributed by atoms with Crippen molar-refractivity contribution in [3.8, 4) is 11.5 Å². The molecule has 0 unspecified atom stereocenters. The van der Waals surface area contributed by atoms with Crippen LogP contribution in [0.15, 0.2) is 47.4 Å². The van der Waals surface area contributed by atoms with Gasteiger partial charge in [-0.3, -0.25) is 4.79 Å². The monoisotopic (exact) mass is 476 g/mol. The second-order valence-electron chi connectivity index (χ2n) is 8.04. The Balaban J connectivity index is 1.58. The number of nitrogens with zero attached hydrogens (tertiary/aromatic N) is 1. The van der Waals surface area contributed by atoms with E-state index in [9.17, 15) is 13.2 Å². The number of morpholine rings is 1. The van der Waals surface area contributed by atoms with Crippen LogP contribution in [0.25, 0.3) is 0 Å². The minimum Gasteiger partial charge on any atom is -0.496 e. The van der Waals surface area contributed by atoms with Gasteiger partial charge in [0.1, 0.15) is 18.1 Å². The van der Waals surface area contributed by atoms with Gasteiger partial charge in [-0.05, 0) is 55.7 Å². The maximum absolute atomic E-state index is 13.0. The molecule has 0 aliphatic carbocycles. The van der Waals surface area contributed by atoms with E-state index in [-0.39, 0.29) is 23.3 Å². The molecule has 1 heterocycles. The second kappa shape index (κ2) is 11.5. The zero-order valence-corrected chi connectivity index (χ0v) is 20.2. The third-order valence-corrected chi connectivity index (χ3v) is 7.37. The summed E-state index contributed by atoms with van der Waals surface area (Å²) in [5.74, 6) is 1.21. The topological polar surface area (TPSA) is 94.2 Å². The lowest BCUT2D eigenvalue weighted by Crippen LogP contribution is -2.40. The number of ether oxygens (including phenoxy) is 3. The highest BCUT2D eigenvalue weighted by Crippen LogP contribution is 2.26. The summed E-state index contributed by atoms with van der Waals surface area (Å²) in [6.07, 6.45) is 0.555. The van der Waals surface area contributed by atoms with Crippen molar-refractivity contribution in [3.05, 3.63) is 53.6 Å². The van der Waals surface area contributed by atoms with E-state index < -0.39 is 10.0 Å². The molecular weight excluding hydrogens is 444 g/mol. The van der Waals surface area contributed by atoms with Crippen LogP contribution in [0.3, 0.4) is 0 Å². The number of carbonyl (C=O) groups is 1. The highest BCUT2D eigenvalue weighted by Gasteiger charge is 2.27. The summed E-state index contributed by atoms with van der Waals surface area (Å²) in [6.45, 7) is 5.63. The quantitative estimate of drug-likeness (QED) is 0.566. The Hall–Kier alpha value is -2.62. The lowest BCUT2D eigenvalue weighted by Gasteiger charge is -2.26. The standard InChI is InChI=1S/C24H32N2O6S/c1-18-6-4-5-7-22(18)32-17-19(2)25-24(27)11-8-20-16-21(9-10-23(20)30-3)33(28,29)26-12-14-31-15-13-26/h4-7,9-10,16,19H,8,11-15,17H2,1-3H3,(H,25,27)/t19-/m1/s1. The van der Waals surface area contributed by atoms with Crippen molar-refractivity contribution in [2.45, 2.75) is 37.6 Å². The van der Waals surface area contributed by atoms with Crippen molar-refractivity contribution in [1.29, 1.82) is 0 Å². The molecule has 0 radical (unpaired) electrons. The number of methoxy groups -OCH3 is 1. The van der Waals surface area contributed by atoms with Gasteiger partial charge in [0.05, 0.1) is 31.3 Å². The summed E-state index contributed by atoms with van der Waals surface area (Å²) < 4.78 is 43.8. The molecule has 2 aromatic carbocycles. The Bertz CT molecular complexity index is 1050. The lowest BCUT2D eigenvalue weighted by atomic mass is 10.1. The average Bonchev–Trinajstić information content (AvgIpc) is 2.82. The van der Waals surface area contributed by atoms with Crippen molar-refractivity contribution in [3.63, 3.8) is 0 Å². The Morgan fingerprint density at radius 3 is 2.58 bits per heavy atom. The molecular formula is C24H32N2O6S. The highest BCUT2D eigenvalue weighted by molar-refractivity contribution is 7.89. The van der Waals surface area contributed by atoms with Gasteiger partial charge >= 0.3 is 0 Å². The first-order valence-electron chi connectivity index (χ1n) is 11.0. The molecule has 0 spiro atoms. The van der Waals surface area contributed by atoms with Crippen LogP contribution in [0.2, 0.25) is 0 Å². The summed E-state index contributed by atoms with van der Waals surface area (Å²) in [5, 5.41) is 2.93. The van der Waals surface area contributed by atoms with E-state index in [1.165, 1.54) is 17.5 Å². The smallest absolute Gasteiger partial charge is 0.243 e. The average molecular weight is 477 g/mol. The predicted molar refractivity (Wildman–Crippen MR) is 125 cm³/mol. The van der Waals surface area contributed by atoms with Crippen molar-refractivity contribution in [1.82, 2.24) is 9.62 Å². The fraction of sp³-hybridized carbons (Fsp3) is 0.458. The lowest BCUT2D eigenvalue weighted by molar-refractivity contribution is -0.121. The van der Waals surface area contributed by atoms with E-state index in [0.717, 1.165) is 11.3 Å². The van der Waals surface area contributed by atoms with Gasteiger partial charge in [0.25, 0.3) is 0 Å². The Labute approximate surface area is 195 Å². The largest absolute Gasteiger partial charge is 0.496 e. The van der Waals surface area contributed by atoms with Crippen LogP contribution in [0, 0.1) is 6.92 Å². The molecule has 1 aliphatic rings. The normalized spacial score (nSPS) is 15.6. The van der Waals surface area contributed by atoms with E-state index in [2.05, 4.69) is 5.32 Å². The number of aryl methyl sites for hydroxylation is 2. The molecule has 9 heteroatoms. The Morgan fingerprint density at radius 1 is 1.15 bits per heavy atom. The summed E-state index contributed by atoms with van der Waals surface area (Å²) in [4.78, 5) is 12.7. The summed E-state index contributed by atoms with van der Waals surface area (Å²) in [5.41, 5.74) is 1.71. The zero-order chi connectivity index (χ0) is 23.8. The van der Waals surface area contributed by atoms with E-state index in [1.54, 1.807) is 12.1 Å². The summed E-state index contributed by atoms with van der Waals surface area (Å²) in [7, 11) is -2.10. The summed E-state index contributed by atoms with van der Waals surface area (Å²) >= 11 is 0. The van der Waals surface area contributed by atoms with Crippen molar-refractivity contribution >= 4 is 15.9 Å². The minimum absolute atomic E-state index is 0.139. The molecule has 1 atom stereocenters. The van der Waals surface area contributed by atoms with Gasteiger partial charge in [-0.15, -0.1) is 0 Å². The number of carbonyl (C=O) groups excluding carboxylic acids is 1. The Kier molecular flexibility index (Phi) is 8.71. The second-order valence-corrected chi connectivity index (χ2v) is 9.97. The number of sulfonamides is 1. The van der Waals surface area contributed by atoms with Crippen LogP contribution in [0.1, 0.15) is 24.5 Å². The van der Waals surface area contributed by atoms with Crippen LogP contribution < -0.4 is 14.8 Å². The zero-order valence-electron chi connectivity index (χ0n) is 19.4. The van der Waals surface area contributed by atoms with E-state index in [4.69, 9.17) is 14.2 Å². The van der Waals surface area contributed by atoms with Crippen molar-refractivity contribution in [2.75, 3.05) is 40.0 Å². The molecule has 1 saturated heterocycles.